The molecule has 1 unspecified atom stereocenters. The minimum atomic E-state index is 0.235. The Bertz CT molecular complexity index is 754. The number of anilines is 1. The molecule has 5 heteroatoms. The Morgan fingerprint density at radius 1 is 1.24 bits per heavy atom. The van der Waals surface area contributed by atoms with Crippen molar-refractivity contribution in [2.24, 2.45) is 0 Å². The van der Waals surface area contributed by atoms with E-state index in [-0.39, 0.29) is 6.04 Å². The van der Waals surface area contributed by atoms with Crippen LogP contribution in [0, 0.1) is 6.92 Å². The molecule has 110 valence electrons. The summed E-state index contributed by atoms with van der Waals surface area (Å²) in [5, 5.41) is 4.54. The fourth-order valence-corrected chi connectivity index (χ4v) is 2.91. The standard InChI is InChI=1S/C16H21N5/c1-4-20-15-14(12(3)19-20)18-16(17)21(15)11(2)10-13-8-6-5-7-9-13/h5-9,11H,4,10H2,1-3H3,(H2,17,18). The molecule has 0 aliphatic heterocycles. The van der Waals surface area contributed by atoms with E-state index in [9.17, 15) is 0 Å². The van der Waals surface area contributed by atoms with E-state index in [0.29, 0.717) is 5.95 Å². The second kappa shape index (κ2) is 5.24. The van der Waals surface area contributed by atoms with E-state index < -0.39 is 0 Å². The van der Waals surface area contributed by atoms with Gasteiger partial charge in [-0.15, -0.1) is 0 Å². The zero-order valence-corrected chi connectivity index (χ0v) is 12.7. The van der Waals surface area contributed by atoms with E-state index in [1.54, 1.807) is 0 Å². The molecule has 0 spiro atoms. The third-order valence-corrected chi connectivity index (χ3v) is 3.89. The molecule has 1 aromatic carbocycles. The van der Waals surface area contributed by atoms with Crippen molar-refractivity contribution in [2.45, 2.75) is 39.8 Å². The van der Waals surface area contributed by atoms with Crippen LogP contribution in [0.5, 0.6) is 0 Å². The first-order valence-electron chi connectivity index (χ1n) is 7.36. The van der Waals surface area contributed by atoms with E-state index in [1.165, 1.54) is 5.56 Å². The van der Waals surface area contributed by atoms with Crippen LogP contribution >= 0.6 is 0 Å². The Kier molecular flexibility index (Phi) is 3.41. The summed E-state index contributed by atoms with van der Waals surface area (Å²) in [6.07, 6.45) is 0.921. The van der Waals surface area contributed by atoms with Crippen molar-refractivity contribution in [3.05, 3.63) is 41.6 Å². The van der Waals surface area contributed by atoms with E-state index in [4.69, 9.17) is 5.73 Å². The van der Waals surface area contributed by atoms with Gasteiger partial charge in [0.2, 0.25) is 5.95 Å². The minimum Gasteiger partial charge on any atom is -0.369 e. The van der Waals surface area contributed by atoms with Gasteiger partial charge in [-0.2, -0.15) is 5.10 Å². The topological polar surface area (TPSA) is 61.7 Å². The van der Waals surface area contributed by atoms with E-state index in [0.717, 1.165) is 29.8 Å². The molecule has 0 aliphatic rings. The molecule has 0 aliphatic carbocycles. The fraction of sp³-hybridized carbons (Fsp3) is 0.375. The molecule has 0 amide bonds. The zero-order chi connectivity index (χ0) is 15.0. The lowest BCUT2D eigenvalue weighted by molar-refractivity contribution is 0.543. The summed E-state index contributed by atoms with van der Waals surface area (Å²) in [4.78, 5) is 4.50. The van der Waals surface area contributed by atoms with Gasteiger partial charge in [-0.3, -0.25) is 4.57 Å². The number of hydrogen-bond acceptors (Lipinski definition) is 3. The van der Waals surface area contributed by atoms with Gasteiger partial charge in [0, 0.05) is 12.6 Å². The zero-order valence-electron chi connectivity index (χ0n) is 12.7. The Hall–Kier alpha value is -2.30. The van der Waals surface area contributed by atoms with Gasteiger partial charge in [0.15, 0.2) is 5.65 Å². The van der Waals surface area contributed by atoms with Crippen LogP contribution in [-0.2, 0) is 13.0 Å². The van der Waals surface area contributed by atoms with Gasteiger partial charge in [0.25, 0.3) is 0 Å². The summed E-state index contributed by atoms with van der Waals surface area (Å²) in [7, 11) is 0. The Labute approximate surface area is 124 Å². The number of nitrogen functional groups attached to an aromatic ring is 1. The van der Waals surface area contributed by atoms with Gasteiger partial charge < -0.3 is 5.73 Å². The SMILES string of the molecule is CCn1nc(C)c2nc(N)n(C(C)Cc3ccccc3)c21. The normalized spacial score (nSPS) is 12.9. The van der Waals surface area contributed by atoms with Crippen LogP contribution in [0.25, 0.3) is 11.2 Å². The molecule has 5 nitrogen and oxygen atoms in total. The number of fused-ring (bicyclic) bond motifs is 1. The molecule has 0 saturated carbocycles. The Balaban J connectivity index is 2.05. The molecular formula is C16H21N5. The van der Waals surface area contributed by atoms with Gasteiger partial charge in [0.05, 0.1) is 5.69 Å². The second-order valence-electron chi connectivity index (χ2n) is 5.45. The van der Waals surface area contributed by atoms with Crippen LogP contribution < -0.4 is 5.73 Å². The first-order chi connectivity index (χ1) is 10.1. The number of benzene rings is 1. The van der Waals surface area contributed by atoms with Gasteiger partial charge in [0.1, 0.15) is 5.52 Å². The van der Waals surface area contributed by atoms with Crippen LogP contribution in [0.15, 0.2) is 30.3 Å². The third kappa shape index (κ3) is 2.28. The van der Waals surface area contributed by atoms with E-state index in [2.05, 4.69) is 52.8 Å². The number of rotatable bonds is 4. The third-order valence-electron chi connectivity index (χ3n) is 3.89. The molecule has 3 aromatic rings. The predicted octanol–water partition coefficient (Wildman–Crippen LogP) is 2.95. The second-order valence-corrected chi connectivity index (χ2v) is 5.45. The summed E-state index contributed by atoms with van der Waals surface area (Å²) >= 11 is 0. The van der Waals surface area contributed by atoms with Crippen molar-refractivity contribution >= 4 is 17.1 Å². The molecule has 1 atom stereocenters. The number of aromatic nitrogens is 4. The van der Waals surface area contributed by atoms with Gasteiger partial charge in [-0.1, -0.05) is 30.3 Å². The maximum atomic E-state index is 6.16. The minimum absolute atomic E-state index is 0.235. The molecule has 0 radical (unpaired) electrons. The number of nitrogens with zero attached hydrogens (tertiary/aromatic N) is 4. The monoisotopic (exact) mass is 283 g/mol. The largest absolute Gasteiger partial charge is 0.369 e. The molecule has 2 heterocycles. The fourth-order valence-electron chi connectivity index (χ4n) is 2.91. The average Bonchev–Trinajstić information content (AvgIpc) is 2.96. The quantitative estimate of drug-likeness (QED) is 0.800. The summed E-state index contributed by atoms with van der Waals surface area (Å²) in [6, 6.07) is 10.7. The highest BCUT2D eigenvalue weighted by molar-refractivity contribution is 5.77. The summed E-state index contributed by atoms with van der Waals surface area (Å²) < 4.78 is 4.08. The van der Waals surface area contributed by atoms with Crippen LogP contribution in [0.4, 0.5) is 5.95 Å². The smallest absolute Gasteiger partial charge is 0.202 e. The number of hydrogen-bond donors (Lipinski definition) is 1. The van der Waals surface area contributed by atoms with E-state index >= 15 is 0 Å². The molecule has 0 fully saturated rings. The summed E-state index contributed by atoms with van der Waals surface area (Å²) in [6.45, 7) is 7.05. The average molecular weight is 283 g/mol. The van der Waals surface area contributed by atoms with Crippen molar-refractivity contribution in [1.82, 2.24) is 19.3 Å². The lowest BCUT2D eigenvalue weighted by atomic mass is 10.1. The first-order valence-corrected chi connectivity index (χ1v) is 7.36. The van der Waals surface area contributed by atoms with Crippen LogP contribution in [0.1, 0.15) is 31.1 Å². The van der Waals surface area contributed by atoms with Crippen LogP contribution in [0.3, 0.4) is 0 Å². The maximum absolute atomic E-state index is 6.16. The molecule has 21 heavy (non-hydrogen) atoms. The lowest BCUT2D eigenvalue weighted by Crippen LogP contribution is -2.14. The summed E-state index contributed by atoms with van der Waals surface area (Å²) in [5.41, 5.74) is 10.3. The van der Waals surface area contributed by atoms with Crippen molar-refractivity contribution in [1.29, 1.82) is 0 Å². The van der Waals surface area contributed by atoms with Crippen molar-refractivity contribution in [2.75, 3.05) is 5.73 Å². The van der Waals surface area contributed by atoms with Gasteiger partial charge >= 0.3 is 0 Å². The highest BCUT2D eigenvalue weighted by atomic mass is 15.4. The molecule has 2 N–H and O–H groups in total. The molecule has 0 bridgehead atoms. The number of aryl methyl sites for hydroxylation is 2. The Morgan fingerprint density at radius 2 is 1.95 bits per heavy atom. The van der Waals surface area contributed by atoms with Crippen molar-refractivity contribution in [3.63, 3.8) is 0 Å². The Morgan fingerprint density at radius 3 is 2.62 bits per heavy atom. The first kappa shape index (κ1) is 13.7. The van der Waals surface area contributed by atoms with Crippen LogP contribution in [-0.4, -0.2) is 19.3 Å². The molecular weight excluding hydrogens is 262 g/mol. The number of nitrogens with two attached hydrogens (primary N) is 1. The van der Waals surface area contributed by atoms with Crippen molar-refractivity contribution in [3.8, 4) is 0 Å². The van der Waals surface area contributed by atoms with Crippen molar-refractivity contribution < 1.29 is 0 Å². The maximum Gasteiger partial charge on any atom is 0.202 e. The van der Waals surface area contributed by atoms with E-state index in [1.807, 2.05) is 17.7 Å². The van der Waals surface area contributed by atoms with Gasteiger partial charge in [-0.05, 0) is 32.8 Å². The lowest BCUT2D eigenvalue weighted by Gasteiger charge is -2.16. The summed E-state index contributed by atoms with van der Waals surface area (Å²) in [5.74, 6) is 0.566. The van der Waals surface area contributed by atoms with Gasteiger partial charge in [-0.25, -0.2) is 9.67 Å². The highest BCUT2D eigenvalue weighted by Crippen LogP contribution is 2.26. The predicted molar refractivity (Wildman–Crippen MR) is 85.2 cm³/mol. The van der Waals surface area contributed by atoms with Crippen LogP contribution in [0.2, 0.25) is 0 Å². The molecule has 3 rings (SSSR count). The molecule has 0 saturated heterocycles. The molecule has 2 aromatic heterocycles. The number of imidazole rings is 1. The highest BCUT2D eigenvalue weighted by Gasteiger charge is 2.20.